The van der Waals surface area contributed by atoms with E-state index in [1.165, 1.54) is 6.08 Å². The molecular formula is C4H2Br2Cl4. The van der Waals surface area contributed by atoms with E-state index in [1.807, 2.05) is 0 Å². The molecule has 0 radical (unpaired) electrons. The van der Waals surface area contributed by atoms with Crippen LogP contribution in [0.3, 0.4) is 0 Å². The summed E-state index contributed by atoms with van der Waals surface area (Å²) in [5, 5.41) is 0. The van der Waals surface area contributed by atoms with Gasteiger partial charge < -0.3 is 0 Å². The van der Waals surface area contributed by atoms with Crippen LogP contribution < -0.4 is 0 Å². The third kappa shape index (κ3) is 4.68. The van der Waals surface area contributed by atoms with Gasteiger partial charge in [0.05, 0.1) is 0 Å². The van der Waals surface area contributed by atoms with Crippen molar-refractivity contribution in [3.63, 3.8) is 0 Å². The molecular weight excluding hydrogens is 350 g/mol. The summed E-state index contributed by atoms with van der Waals surface area (Å²) in [6.07, 6.45) is 1.38. The van der Waals surface area contributed by atoms with Crippen LogP contribution in [0.2, 0.25) is 0 Å². The van der Waals surface area contributed by atoms with Crippen LogP contribution in [0.1, 0.15) is 0 Å². The molecule has 0 aromatic heterocycles. The molecule has 10 heavy (non-hydrogen) atoms. The molecule has 0 rings (SSSR count). The van der Waals surface area contributed by atoms with Gasteiger partial charge in [-0.2, -0.15) is 0 Å². The maximum atomic E-state index is 5.76. The number of hydrogen-bond donors (Lipinski definition) is 0. The van der Waals surface area contributed by atoms with Crippen LogP contribution in [0.25, 0.3) is 0 Å². The molecule has 0 saturated heterocycles. The van der Waals surface area contributed by atoms with Crippen LogP contribution in [0, 0.1) is 0 Å². The number of hydrogen-bond acceptors (Lipinski definition) is 0. The smallest absolute Gasteiger partial charge is 0.107 e. The van der Waals surface area contributed by atoms with E-state index in [2.05, 4.69) is 31.9 Å². The van der Waals surface area contributed by atoms with E-state index in [0.717, 1.165) is 0 Å². The Kier molecular flexibility index (Phi) is 5.67. The zero-order valence-corrected chi connectivity index (χ0v) is 10.6. The third-order valence-corrected chi connectivity index (χ3v) is 4.14. The SMILES string of the molecule is ClC(Cl)=CC(Cl)(Br)C(Cl)Br. The molecule has 0 fully saturated rings. The Morgan fingerprint density at radius 3 is 2.00 bits per heavy atom. The molecule has 0 aliphatic rings. The van der Waals surface area contributed by atoms with Gasteiger partial charge >= 0.3 is 0 Å². The Morgan fingerprint density at radius 1 is 1.50 bits per heavy atom. The Labute approximate surface area is 96.1 Å². The molecule has 2 unspecified atom stereocenters. The Morgan fingerprint density at radius 2 is 1.90 bits per heavy atom. The number of alkyl halides is 4. The zero-order chi connectivity index (χ0) is 8.36. The van der Waals surface area contributed by atoms with Gasteiger partial charge in [0, 0.05) is 0 Å². The monoisotopic (exact) mass is 348 g/mol. The maximum Gasteiger partial charge on any atom is 0.146 e. The minimum Gasteiger partial charge on any atom is -0.107 e. The van der Waals surface area contributed by atoms with Crippen molar-refractivity contribution < 1.29 is 0 Å². The van der Waals surface area contributed by atoms with Gasteiger partial charge in [-0.15, -0.1) is 11.6 Å². The lowest BCUT2D eigenvalue weighted by molar-refractivity contribution is 1.13. The highest BCUT2D eigenvalue weighted by atomic mass is 79.9. The van der Waals surface area contributed by atoms with E-state index in [0.29, 0.717) is 0 Å². The van der Waals surface area contributed by atoms with E-state index in [9.17, 15) is 0 Å². The minimum atomic E-state index is -0.937. The molecule has 6 heteroatoms. The highest BCUT2D eigenvalue weighted by Gasteiger charge is 2.28. The number of allylic oxidation sites excluding steroid dienone is 1. The first kappa shape index (κ1) is 11.9. The second-order valence-corrected chi connectivity index (χ2v) is 6.69. The first-order valence-electron chi connectivity index (χ1n) is 2.06. The fourth-order valence-electron chi connectivity index (χ4n) is 0.208. The van der Waals surface area contributed by atoms with Crippen molar-refractivity contribution in [3.8, 4) is 0 Å². The molecule has 60 valence electrons. The normalized spacial score (nSPS) is 19.4. The second-order valence-electron chi connectivity index (χ2n) is 1.41. The molecule has 0 aliphatic heterocycles. The summed E-state index contributed by atoms with van der Waals surface area (Å²) in [7, 11) is 0. The van der Waals surface area contributed by atoms with Crippen molar-refractivity contribution in [2.24, 2.45) is 0 Å². The van der Waals surface area contributed by atoms with Crippen molar-refractivity contribution in [2.45, 2.75) is 8.07 Å². The Hall–Kier alpha value is 1.86. The van der Waals surface area contributed by atoms with Crippen LogP contribution in [0.4, 0.5) is 0 Å². The predicted molar refractivity (Wildman–Crippen MR) is 55.9 cm³/mol. The summed E-state index contributed by atoms with van der Waals surface area (Å²) in [6.45, 7) is 0. The van der Waals surface area contributed by atoms with Crippen LogP contribution in [-0.4, -0.2) is 8.07 Å². The summed E-state index contributed by atoms with van der Waals surface area (Å²) < 4.78 is -1.35. The van der Waals surface area contributed by atoms with Crippen LogP contribution in [-0.2, 0) is 0 Å². The molecule has 0 spiro atoms. The highest BCUT2D eigenvalue weighted by molar-refractivity contribution is 9.13. The Bertz CT molecular complexity index is 138. The van der Waals surface area contributed by atoms with Gasteiger partial charge in [-0.05, 0) is 6.08 Å². The van der Waals surface area contributed by atoms with Gasteiger partial charge in [0.1, 0.15) is 12.6 Å². The molecule has 0 aromatic rings. The largest absolute Gasteiger partial charge is 0.146 e. The average Bonchev–Trinajstić information content (AvgIpc) is 1.60. The van der Waals surface area contributed by atoms with Crippen molar-refractivity contribution in [1.82, 2.24) is 0 Å². The molecule has 0 saturated carbocycles. The first-order valence-corrected chi connectivity index (χ1v) is 5.34. The minimum absolute atomic E-state index is 0.0666. The maximum absolute atomic E-state index is 5.76. The predicted octanol–water partition coefficient (Wildman–Crippen LogP) is 4.60. The van der Waals surface area contributed by atoms with Crippen molar-refractivity contribution >= 4 is 78.3 Å². The lowest BCUT2D eigenvalue weighted by Crippen LogP contribution is -2.16. The molecule has 0 aromatic carbocycles. The second kappa shape index (κ2) is 4.78. The number of halogens is 6. The van der Waals surface area contributed by atoms with Crippen molar-refractivity contribution in [3.05, 3.63) is 10.6 Å². The van der Waals surface area contributed by atoms with Gasteiger partial charge in [-0.1, -0.05) is 66.7 Å². The van der Waals surface area contributed by atoms with E-state index >= 15 is 0 Å². The number of rotatable bonds is 2. The molecule has 0 amide bonds. The summed E-state index contributed by atoms with van der Waals surface area (Å²) in [5.41, 5.74) is 0. The average molecular weight is 352 g/mol. The van der Waals surface area contributed by atoms with Crippen LogP contribution in [0.15, 0.2) is 10.6 Å². The lowest BCUT2D eigenvalue weighted by Gasteiger charge is -2.15. The third-order valence-electron chi connectivity index (χ3n) is 0.592. The quantitative estimate of drug-likeness (QED) is 0.638. The summed E-state index contributed by atoms with van der Waals surface area (Å²) >= 11 is 28.2. The van der Waals surface area contributed by atoms with Crippen LogP contribution in [0.5, 0.6) is 0 Å². The Balaban J connectivity index is 4.27. The van der Waals surface area contributed by atoms with Gasteiger partial charge in [0.15, 0.2) is 0 Å². The standard InChI is InChI=1S/C4H2Br2Cl4/c5-3(9)4(6,10)1-2(7)8/h1,3H. The fraction of sp³-hybridized carbons (Fsp3) is 0.500. The zero-order valence-electron chi connectivity index (χ0n) is 4.42. The molecule has 0 bridgehead atoms. The fourth-order valence-corrected chi connectivity index (χ4v) is 1.46. The molecule has 2 atom stereocenters. The van der Waals surface area contributed by atoms with Gasteiger partial charge in [0.2, 0.25) is 0 Å². The molecule has 0 heterocycles. The van der Waals surface area contributed by atoms with E-state index in [4.69, 9.17) is 46.4 Å². The molecule has 0 aliphatic carbocycles. The van der Waals surface area contributed by atoms with E-state index in [1.54, 1.807) is 0 Å². The van der Waals surface area contributed by atoms with Crippen LogP contribution >= 0.6 is 78.3 Å². The van der Waals surface area contributed by atoms with Gasteiger partial charge in [0.25, 0.3) is 0 Å². The van der Waals surface area contributed by atoms with E-state index in [-0.39, 0.29) is 4.49 Å². The lowest BCUT2D eigenvalue weighted by atomic mass is 10.5. The van der Waals surface area contributed by atoms with Crippen molar-refractivity contribution in [1.29, 1.82) is 0 Å². The van der Waals surface area contributed by atoms with Crippen molar-refractivity contribution in [2.75, 3.05) is 0 Å². The molecule has 0 nitrogen and oxygen atoms in total. The van der Waals surface area contributed by atoms with E-state index < -0.39 is 8.07 Å². The topological polar surface area (TPSA) is 0 Å². The first-order chi connectivity index (χ1) is 4.36. The summed E-state index contributed by atoms with van der Waals surface area (Å²) in [4.78, 5) is 0. The summed E-state index contributed by atoms with van der Waals surface area (Å²) in [6, 6.07) is 0. The highest BCUT2D eigenvalue weighted by Crippen LogP contribution is 2.38. The van der Waals surface area contributed by atoms with Gasteiger partial charge in [-0.25, -0.2) is 0 Å². The molecule has 0 N–H and O–H groups in total. The summed E-state index contributed by atoms with van der Waals surface area (Å²) in [5.74, 6) is 0. The van der Waals surface area contributed by atoms with Gasteiger partial charge in [-0.3, -0.25) is 0 Å².